The van der Waals surface area contributed by atoms with Crippen molar-refractivity contribution < 1.29 is 13.9 Å². The van der Waals surface area contributed by atoms with Crippen molar-refractivity contribution in [1.82, 2.24) is 14.8 Å². The molecule has 0 N–H and O–H groups in total. The summed E-state index contributed by atoms with van der Waals surface area (Å²) in [5.41, 5.74) is 0.729. The van der Waals surface area contributed by atoms with E-state index >= 15 is 0 Å². The average Bonchev–Trinajstić information content (AvgIpc) is 3.23. The number of carbonyl (C=O) groups excluding carboxylic acids is 1. The molecule has 0 bridgehead atoms. The summed E-state index contributed by atoms with van der Waals surface area (Å²) in [4.78, 5) is 16.1. The van der Waals surface area contributed by atoms with Crippen LogP contribution in [0, 0.1) is 0 Å². The highest BCUT2D eigenvalue weighted by molar-refractivity contribution is 6.33. The summed E-state index contributed by atoms with van der Waals surface area (Å²) in [6.45, 7) is 0.948. The molecular weight excluding hydrogens is 318 g/mol. The number of nitrogens with zero attached hydrogens (tertiary/aromatic N) is 3. The van der Waals surface area contributed by atoms with E-state index in [1.807, 2.05) is 18.3 Å². The molecule has 2 heterocycles. The van der Waals surface area contributed by atoms with Gasteiger partial charge in [-0.25, -0.2) is 9.78 Å². The lowest BCUT2D eigenvalue weighted by molar-refractivity contribution is 0.0489. The molecule has 0 amide bonds. The predicted octanol–water partition coefficient (Wildman–Crippen LogP) is 3.44. The normalized spacial score (nSPS) is 10.7. The molecule has 2 aromatic heterocycles. The Morgan fingerprint density at radius 3 is 2.96 bits per heavy atom. The Hall–Kier alpha value is -2.60. The molecule has 0 atom stereocenters. The summed E-state index contributed by atoms with van der Waals surface area (Å²) in [5, 5.41) is 4.56. The van der Waals surface area contributed by atoms with Crippen LogP contribution in [0.5, 0.6) is 0 Å². The van der Waals surface area contributed by atoms with Crippen LogP contribution in [-0.2, 0) is 11.3 Å². The summed E-state index contributed by atoms with van der Waals surface area (Å²) in [5.74, 6) is -0.221. The highest BCUT2D eigenvalue weighted by Gasteiger charge is 2.21. The summed E-state index contributed by atoms with van der Waals surface area (Å²) in [6, 6.07) is 8.94. The molecule has 7 heteroatoms. The molecule has 0 aliphatic heterocycles. The fourth-order valence-electron chi connectivity index (χ4n) is 2.12. The number of hydrogen-bond donors (Lipinski definition) is 0. The minimum Gasteiger partial charge on any atom is -0.461 e. The first kappa shape index (κ1) is 15.3. The van der Waals surface area contributed by atoms with Gasteiger partial charge in [-0.1, -0.05) is 23.7 Å². The van der Waals surface area contributed by atoms with E-state index in [1.54, 1.807) is 29.1 Å². The van der Waals surface area contributed by atoms with Crippen LogP contribution in [0.25, 0.3) is 11.3 Å². The number of halogens is 1. The zero-order valence-electron chi connectivity index (χ0n) is 12.2. The largest absolute Gasteiger partial charge is 0.461 e. The topological polar surface area (TPSA) is 70.2 Å². The number of aryl methyl sites for hydroxylation is 1. The molecule has 0 saturated heterocycles. The van der Waals surface area contributed by atoms with Crippen molar-refractivity contribution in [2.75, 3.05) is 6.61 Å². The third kappa shape index (κ3) is 3.60. The zero-order chi connectivity index (χ0) is 16.1. The highest BCUT2D eigenvalue weighted by atomic mass is 35.5. The van der Waals surface area contributed by atoms with Crippen LogP contribution in [-0.4, -0.2) is 27.3 Å². The lowest BCUT2D eigenvalue weighted by Gasteiger charge is -2.05. The summed E-state index contributed by atoms with van der Waals surface area (Å²) in [7, 11) is 0. The first-order valence-corrected chi connectivity index (χ1v) is 7.46. The van der Waals surface area contributed by atoms with E-state index in [0.717, 1.165) is 0 Å². The minimum atomic E-state index is -0.533. The Morgan fingerprint density at radius 2 is 2.17 bits per heavy atom. The van der Waals surface area contributed by atoms with Crippen LogP contribution in [0.15, 0.2) is 53.5 Å². The van der Waals surface area contributed by atoms with Gasteiger partial charge in [-0.3, -0.25) is 4.68 Å². The first-order valence-electron chi connectivity index (χ1n) is 7.08. The summed E-state index contributed by atoms with van der Waals surface area (Å²) < 4.78 is 12.3. The lowest BCUT2D eigenvalue weighted by Crippen LogP contribution is -2.10. The van der Waals surface area contributed by atoms with E-state index < -0.39 is 5.97 Å². The van der Waals surface area contributed by atoms with Gasteiger partial charge in [0.05, 0.1) is 11.6 Å². The van der Waals surface area contributed by atoms with Gasteiger partial charge in [-0.05, 0) is 18.2 Å². The van der Waals surface area contributed by atoms with Crippen LogP contribution >= 0.6 is 11.6 Å². The Labute approximate surface area is 137 Å². The number of aromatic nitrogens is 3. The molecule has 0 spiro atoms. The van der Waals surface area contributed by atoms with Crippen molar-refractivity contribution in [2.45, 2.75) is 13.0 Å². The maximum atomic E-state index is 12.2. The van der Waals surface area contributed by atoms with Gasteiger partial charge < -0.3 is 9.15 Å². The summed E-state index contributed by atoms with van der Waals surface area (Å²) >= 11 is 6.13. The molecule has 0 fully saturated rings. The number of oxazole rings is 1. The highest BCUT2D eigenvalue weighted by Crippen LogP contribution is 2.30. The quantitative estimate of drug-likeness (QED) is 0.511. The number of rotatable bonds is 6. The van der Waals surface area contributed by atoms with Crippen LogP contribution in [0.4, 0.5) is 0 Å². The second-order valence-corrected chi connectivity index (χ2v) is 5.18. The minimum absolute atomic E-state index is 0.122. The first-order chi connectivity index (χ1) is 11.3. The van der Waals surface area contributed by atoms with Crippen molar-refractivity contribution in [3.05, 3.63) is 59.8 Å². The van der Waals surface area contributed by atoms with Crippen LogP contribution in [0.1, 0.15) is 16.9 Å². The van der Waals surface area contributed by atoms with E-state index in [0.29, 0.717) is 29.3 Å². The van der Waals surface area contributed by atoms with Crippen molar-refractivity contribution in [1.29, 1.82) is 0 Å². The van der Waals surface area contributed by atoms with Gasteiger partial charge in [0.1, 0.15) is 0 Å². The fraction of sp³-hybridized carbons (Fsp3) is 0.188. The van der Waals surface area contributed by atoms with Gasteiger partial charge in [0, 0.05) is 30.9 Å². The number of ether oxygens (including phenoxy) is 1. The Morgan fingerprint density at radius 1 is 1.30 bits per heavy atom. The average molecular weight is 332 g/mol. The van der Waals surface area contributed by atoms with Crippen molar-refractivity contribution in [3.8, 4) is 11.3 Å². The zero-order valence-corrected chi connectivity index (χ0v) is 12.9. The number of benzene rings is 1. The van der Waals surface area contributed by atoms with E-state index in [9.17, 15) is 4.79 Å². The SMILES string of the molecule is O=C(OCCCn1cccn1)c1ncoc1-c1ccccc1Cl. The maximum Gasteiger partial charge on any atom is 0.360 e. The van der Waals surface area contributed by atoms with Gasteiger partial charge in [0.25, 0.3) is 0 Å². The van der Waals surface area contributed by atoms with Crippen LogP contribution in [0.3, 0.4) is 0 Å². The molecular formula is C16H14ClN3O3. The molecule has 6 nitrogen and oxygen atoms in total. The smallest absolute Gasteiger partial charge is 0.360 e. The van der Waals surface area contributed by atoms with Gasteiger partial charge in [0.15, 0.2) is 17.8 Å². The molecule has 118 valence electrons. The Kier molecular flexibility index (Phi) is 4.73. The van der Waals surface area contributed by atoms with Gasteiger partial charge in [0.2, 0.25) is 0 Å². The monoisotopic (exact) mass is 331 g/mol. The number of carbonyl (C=O) groups is 1. The predicted molar refractivity (Wildman–Crippen MR) is 84.1 cm³/mol. The number of esters is 1. The Bertz CT molecular complexity index is 783. The van der Waals surface area contributed by atoms with E-state index in [4.69, 9.17) is 20.8 Å². The molecule has 1 aromatic carbocycles. The third-order valence-electron chi connectivity index (χ3n) is 3.20. The number of hydrogen-bond acceptors (Lipinski definition) is 5. The van der Waals surface area contributed by atoms with Gasteiger partial charge >= 0.3 is 5.97 Å². The maximum absolute atomic E-state index is 12.2. The van der Waals surface area contributed by atoms with E-state index in [2.05, 4.69) is 10.1 Å². The lowest BCUT2D eigenvalue weighted by atomic mass is 10.1. The molecule has 0 saturated carbocycles. The van der Waals surface area contributed by atoms with Gasteiger partial charge in [-0.15, -0.1) is 0 Å². The molecule has 0 radical (unpaired) electrons. The molecule has 0 aliphatic rings. The second kappa shape index (κ2) is 7.11. The van der Waals surface area contributed by atoms with Crippen molar-refractivity contribution in [3.63, 3.8) is 0 Å². The molecule has 3 rings (SSSR count). The van der Waals surface area contributed by atoms with Crippen LogP contribution in [0.2, 0.25) is 5.02 Å². The molecule has 0 unspecified atom stereocenters. The van der Waals surface area contributed by atoms with Crippen LogP contribution < -0.4 is 0 Å². The van der Waals surface area contributed by atoms with Crippen molar-refractivity contribution >= 4 is 17.6 Å². The van der Waals surface area contributed by atoms with Crippen molar-refractivity contribution in [2.24, 2.45) is 0 Å². The molecule has 0 aliphatic carbocycles. The molecule has 3 aromatic rings. The Balaban J connectivity index is 1.62. The second-order valence-electron chi connectivity index (χ2n) is 4.77. The third-order valence-corrected chi connectivity index (χ3v) is 3.53. The standard InChI is InChI=1S/C16H14ClN3O3/c17-13-6-2-1-5-12(13)15-14(18-11-23-15)16(21)22-10-4-9-20-8-3-7-19-20/h1-3,5-8,11H,4,9-10H2. The van der Waals surface area contributed by atoms with E-state index in [1.165, 1.54) is 6.39 Å². The van der Waals surface area contributed by atoms with Gasteiger partial charge in [-0.2, -0.15) is 5.10 Å². The fourth-order valence-corrected chi connectivity index (χ4v) is 2.34. The van der Waals surface area contributed by atoms with E-state index in [-0.39, 0.29) is 12.3 Å². The molecule has 23 heavy (non-hydrogen) atoms. The summed E-state index contributed by atoms with van der Waals surface area (Å²) in [6.07, 6.45) is 5.43.